The topological polar surface area (TPSA) is 78.4 Å². The van der Waals surface area contributed by atoms with Crippen LogP contribution in [0.3, 0.4) is 0 Å². The van der Waals surface area contributed by atoms with Gasteiger partial charge in [-0.3, -0.25) is 10.1 Å². The summed E-state index contributed by atoms with van der Waals surface area (Å²) in [6, 6.07) is 4.44. The largest absolute Gasteiger partial charge is 0.304 e. The zero-order valence-electron chi connectivity index (χ0n) is 9.07. The van der Waals surface area contributed by atoms with Gasteiger partial charge in [-0.1, -0.05) is 25.4 Å². The lowest BCUT2D eigenvalue weighted by Gasteiger charge is -2.23. The Labute approximate surface area is 98.3 Å². The molecule has 0 radical (unpaired) electrons. The van der Waals surface area contributed by atoms with Crippen molar-refractivity contribution in [2.75, 3.05) is 6.61 Å². The van der Waals surface area contributed by atoms with E-state index in [9.17, 15) is 10.1 Å². The van der Waals surface area contributed by atoms with Crippen LogP contribution in [-0.4, -0.2) is 11.5 Å². The Morgan fingerprint density at radius 1 is 1.56 bits per heavy atom. The highest BCUT2D eigenvalue weighted by atomic mass is 35.5. The van der Waals surface area contributed by atoms with E-state index in [1.54, 1.807) is 19.9 Å². The van der Waals surface area contributed by atoms with Crippen molar-refractivity contribution < 1.29 is 9.76 Å². The Morgan fingerprint density at radius 2 is 2.19 bits per heavy atom. The first kappa shape index (κ1) is 12.9. The molecule has 0 spiro atoms. The maximum absolute atomic E-state index is 10.9. The third-order valence-corrected chi connectivity index (χ3v) is 2.56. The van der Waals surface area contributed by atoms with Gasteiger partial charge in [0.2, 0.25) is 0 Å². The van der Waals surface area contributed by atoms with E-state index >= 15 is 0 Å². The molecule has 0 aliphatic heterocycles. The zero-order valence-corrected chi connectivity index (χ0v) is 9.82. The minimum absolute atomic E-state index is 0.0199. The van der Waals surface area contributed by atoms with Gasteiger partial charge >= 0.3 is 0 Å². The summed E-state index contributed by atoms with van der Waals surface area (Å²) >= 11 is 5.83. The summed E-state index contributed by atoms with van der Waals surface area (Å²) in [4.78, 5) is 15.0. The van der Waals surface area contributed by atoms with Crippen molar-refractivity contribution >= 4 is 17.3 Å². The molecular weight excluding hydrogens is 232 g/mol. The number of halogens is 1. The van der Waals surface area contributed by atoms with Crippen LogP contribution in [0, 0.1) is 10.1 Å². The molecule has 88 valence electrons. The Balaban J connectivity index is 3.29. The smallest absolute Gasteiger partial charge is 0.273 e. The highest BCUT2D eigenvalue weighted by Crippen LogP contribution is 2.33. The molecule has 1 aromatic rings. The Bertz CT molecular complexity index is 407. The average Bonchev–Trinajstić information content (AvgIpc) is 2.17. The van der Waals surface area contributed by atoms with Crippen LogP contribution in [0.4, 0.5) is 5.69 Å². The molecule has 0 amide bonds. The minimum atomic E-state index is -0.567. The van der Waals surface area contributed by atoms with Crippen LogP contribution in [0.5, 0.6) is 0 Å². The molecule has 0 saturated carbocycles. The number of nitrogens with two attached hydrogens (primary N) is 1. The van der Waals surface area contributed by atoms with E-state index < -0.39 is 10.3 Å². The molecule has 1 rings (SSSR count). The van der Waals surface area contributed by atoms with Crippen molar-refractivity contribution in [1.82, 2.24) is 0 Å². The summed E-state index contributed by atoms with van der Waals surface area (Å²) in [5.41, 5.74) is -0.0379. The van der Waals surface area contributed by atoms with Gasteiger partial charge in [-0.25, -0.2) is 5.90 Å². The number of hydrogen-bond donors (Lipinski definition) is 1. The number of hydrogen-bond acceptors (Lipinski definition) is 4. The zero-order chi connectivity index (χ0) is 12.3. The first-order chi connectivity index (χ1) is 7.38. The van der Waals surface area contributed by atoms with Crippen LogP contribution in [0.2, 0.25) is 5.02 Å². The number of nitro benzene ring substituents is 1. The van der Waals surface area contributed by atoms with Gasteiger partial charge < -0.3 is 4.84 Å². The predicted octanol–water partition coefficient (Wildman–Crippen LogP) is 2.42. The van der Waals surface area contributed by atoms with Crippen molar-refractivity contribution in [3.8, 4) is 0 Å². The Morgan fingerprint density at radius 3 is 2.69 bits per heavy atom. The second-order valence-corrected chi connectivity index (χ2v) is 4.55. The molecule has 1 aromatic carbocycles. The van der Waals surface area contributed by atoms with Gasteiger partial charge in [0, 0.05) is 22.1 Å². The SMILES string of the molecule is CC(C)(CON)c1cc(Cl)ccc1[N+](=O)[O-]. The quantitative estimate of drug-likeness (QED) is 0.652. The fourth-order valence-electron chi connectivity index (χ4n) is 1.50. The minimum Gasteiger partial charge on any atom is -0.304 e. The van der Waals surface area contributed by atoms with E-state index in [2.05, 4.69) is 4.84 Å². The normalized spacial score (nSPS) is 11.5. The second-order valence-electron chi connectivity index (χ2n) is 4.11. The monoisotopic (exact) mass is 244 g/mol. The first-order valence-corrected chi connectivity index (χ1v) is 5.02. The lowest BCUT2D eigenvalue weighted by Crippen LogP contribution is -2.27. The fraction of sp³-hybridized carbons (Fsp3) is 0.400. The lowest BCUT2D eigenvalue weighted by molar-refractivity contribution is -0.386. The number of nitro groups is 1. The first-order valence-electron chi connectivity index (χ1n) is 4.64. The Kier molecular flexibility index (Phi) is 3.85. The van der Waals surface area contributed by atoms with Gasteiger partial charge in [-0.15, -0.1) is 0 Å². The van der Waals surface area contributed by atoms with Crippen LogP contribution in [0.15, 0.2) is 18.2 Å². The third-order valence-electron chi connectivity index (χ3n) is 2.33. The standard InChI is InChI=1S/C10H13ClN2O3/c1-10(2,6-16-12)8-5-7(11)3-4-9(8)13(14)15/h3-5H,6,12H2,1-2H3. The molecule has 0 unspecified atom stereocenters. The van der Waals surface area contributed by atoms with Gasteiger partial charge in [0.25, 0.3) is 5.69 Å². The molecule has 0 aromatic heterocycles. The molecule has 6 heteroatoms. The van der Waals surface area contributed by atoms with Gasteiger partial charge in [0.15, 0.2) is 0 Å². The second kappa shape index (κ2) is 4.78. The number of nitrogens with zero attached hydrogens (tertiary/aromatic N) is 1. The summed E-state index contributed by atoms with van der Waals surface area (Å²) in [5, 5.41) is 11.3. The van der Waals surface area contributed by atoms with Crippen LogP contribution in [0.1, 0.15) is 19.4 Å². The molecule has 0 fully saturated rings. The summed E-state index contributed by atoms with van der Waals surface area (Å²) in [5.74, 6) is 5.01. The maximum Gasteiger partial charge on any atom is 0.273 e. The molecular formula is C10H13ClN2O3. The van der Waals surface area contributed by atoms with E-state index in [4.69, 9.17) is 17.5 Å². The highest BCUT2D eigenvalue weighted by Gasteiger charge is 2.29. The third kappa shape index (κ3) is 2.69. The van der Waals surface area contributed by atoms with Crippen molar-refractivity contribution in [2.45, 2.75) is 19.3 Å². The van der Waals surface area contributed by atoms with Crippen molar-refractivity contribution in [2.24, 2.45) is 5.90 Å². The highest BCUT2D eigenvalue weighted by molar-refractivity contribution is 6.30. The van der Waals surface area contributed by atoms with Gasteiger partial charge in [-0.2, -0.15) is 0 Å². The lowest BCUT2D eigenvalue weighted by atomic mass is 9.84. The van der Waals surface area contributed by atoms with Crippen molar-refractivity contribution in [1.29, 1.82) is 0 Å². The van der Waals surface area contributed by atoms with E-state index in [0.29, 0.717) is 10.6 Å². The van der Waals surface area contributed by atoms with Crippen molar-refractivity contribution in [3.05, 3.63) is 38.9 Å². The van der Waals surface area contributed by atoms with Crippen LogP contribution >= 0.6 is 11.6 Å². The van der Waals surface area contributed by atoms with Gasteiger partial charge in [-0.05, 0) is 12.1 Å². The van der Waals surface area contributed by atoms with Crippen LogP contribution in [-0.2, 0) is 10.3 Å². The predicted molar refractivity (Wildman–Crippen MR) is 61.3 cm³/mol. The molecule has 5 nitrogen and oxygen atoms in total. The molecule has 0 atom stereocenters. The summed E-state index contributed by atoms with van der Waals surface area (Å²) < 4.78 is 0. The van der Waals surface area contributed by atoms with Crippen LogP contribution in [0.25, 0.3) is 0 Å². The fourth-order valence-corrected chi connectivity index (χ4v) is 1.67. The van der Waals surface area contributed by atoms with Crippen molar-refractivity contribution in [3.63, 3.8) is 0 Å². The van der Waals surface area contributed by atoms with Gasteiger partial charge in [0.1, 0.15) is 0 Å². The summed E-state index contributed by atoms with van der Waals surface area (Å²) in [6.07, 6.45) is 0. The summed E-state index contributed by atoms with van der Waals surface area (Å²) in [7, 11) is 0. The number of benzene rings is 1. The molecule has 0 heterocycles. The number of rotatable bonds is 4. The average molecular weight is 245 g/mol. The molecule has 0 aliphatic carbocycles. The maximum atomic E-state index is 10.9. The van der Waals surface area contributed by atoms with E-state index in [0.717, 1.165) is 0 Å². The van der Waals surface area contributed by atoms with E-state index in [-0.39, 0.29) is 12.3 Å². The van der Waals surface area contributed by atoms with E-state index in [1.165, 1.54) is 12.1 Å². The van der Waals surface area contributed by atoms with E-state index in [1.807, 2.05) is 0 Å². The Hall–Kier alpha value is -1.17. The molecule has 0 bridgehead atoms. The molecule has 2 N–H and O–H groups in total. The molecule has 16 heavy (non-hydrogen) atoms. The summed E-state index contributed by atoms with van der Waals surface area (Å²) in [6.45, 7) is 3.78. The molecule has 0 saturated heterocycles. The molecule has 0 aliphatic rings. The van der Waals surface area contributed by atoms with Crippen LogP contribution < -0.4 is 5.90 Å². The van der Waals surface area contributed by atoms with Gasteiger partial charge in [0.05, 0.1) is 11.5 Å².